The Bertz CT molecular complexity index is 3530. The van der Waals surface area contributed by atoms with Crippen molar-refractivity contribution in [3.05, 3.63) is 206 Å². The zero-order chi connectivity index (χ0) is 39.6. The Hall–Kier alpha value is -7.73. The molecule has 0 atom stereocenters. The Balaban J connectivity index is 0.958. The second-order valence-electron chi connectivity index (χ2n) is 15.2. The molecule has 0 amide bonds. The predicted molar refractivity (Wildman–Crippen MR) is 252 cm³/mol. The monoisotopic (exact) mass is 782 g/mol. The third-order valence-electron chi connectivity index (χ3n) is 11.7. The van der Waals surface area contributed by atoms with Crippen LogP contribution in [0.25, 0.3) is 115 Å². The number of nitrogens with zero attached hydrogens (tertiary/aromatic N) is 4. The molecule has 5 heteroatoms. The van der Waals surface area contributed by atoms with Gasteiger partial charge in [0.1, 0.15) is 0 Å². The first-order chi connectivity index (χ1) is 29.7. The van der Waals surface area contributed by atoms with E-state index < -0.39 is 0 Å². The number of para-hydroxylation sites is 1. The number of hydrogen-bond donors (Lipinski definition) is 0. The lowest BCUT2D eigenvalue weighted by atomic mass is 9.92. The Morgan fingerprint density at radius 3 is 1.52 bits per heavy atom. The minimum Gasteiger partial charge on any atom is -0.309 e. The van der Waals surface area contributed by atoms with Crippen LogP contribution in [0.2, 0.25) is 0 Å². The molecule has 60 heavy (non-hydrogen) atoms. The predicted octanol–water partition coefficient (Wildman–Crippen LogP) is 14.8. The fourth-order valence-electron chi connectivity index (χ4n) is 8.87. The lowest BCUT2D eigenvalue weighted by molar-refractivity contribution is 1.07. The third kappa shape index (κ3) is 5.63. The molecule has 0 spiro atoms. The molecule has 0 saturated carbocycles. The Labute approximate surface area is 350 Å². The summed E-state index contributed by atoms with van der Waals surface area (Å²) >= 11 is 1.88. The van der Waals surface area contributed by atoms with Crippen molar-refractivity contribution in [3.63, 3.8) is 0 Å². The van der Waals surface area contributed by atoms with E-state index in [1.54, 1.807) is 0 Å². The van der Waals surface area contributed by atoms with Crippen molar-refractivity contribution in [1.82, 2.24) is 19.5 Å². The van der Waals surface area contributed by atoms with Gasteiger partial charge in [0.15, 0.2) is 17.5 Å². The first-order valence-electron chi connectivity index (χ1n) is 20.2. The largest absolute Gasteiger partial charge is 0.309 e. The zero-order valence-electron chi connectivity index (χ0n) is 32.3. The first-order valence-corrected chi connectivity index (χ1v) is 21.0. The molecule has 0 bridgehead atoms. The second kappa shape index (κ2) is 14.0. The summed E-state index contributed by atoms with van der Waals surface area (Å²) in [5.41, 5.74) is 11.2. The summed E-state index contributed by atoms with van der Waals surface area (Å²) in [5, 5.41) is 7.57. The van der Waals surface area contributed by atoms with Gasteiger partial charge >= 0.3 is 0 Å². The molecular weight excluding hydrogens is 749 g/mol. The van der Waals surface area contributed by atoms with Crippen LogP contribution in [0, 0.1) is 0 Å². The smallest absolute Gasteiger partial charge is 0.164 e. The molecule has 0 aliphatic rings. The SMILES string of the molecule is c1ccc(-c2nc(-c3ccccc3)nc(-c3ccc(-n4c5ccccc5c5cc(-c6cccc7c(-c8cccc9c8sc8ccccc89)cccc67)ccc54)cc3)n2)cc1. The maximum Gasteiger partial charge on any atom is 0.164 e. The van der Waals surface area contributed by atoms with Crippen LogP contribution < -0.4 is 0 Å². The van der Waals surface area contributed by atoms with Gasteiger partial charge < -0.3 is 4.57 Å². The second-order valence-corrected chi connectivity index (χ2v) is 16.2. The topological polar surface area (TPSA) is 43.6 Å². The summed E-state index contributed by atoms with van der Waals surface area (Å²) in [6.45, 7) is 0. The van der Waals surface area contributed by atoms with Crippen LogP contribution in [0.4, 0.5) is 0 Å². The van der Waals surface area contributed by atoms with Crippen molar-refractivity contribution < 1.29 is 0 Å². The van der Waals surface area contributed by atoms with Crippen molar-refractivity contribution >= 4 is 64.1 Å². The molecule has 0 N–H and O–H groups in total. The highest BCUT2D eigenvalue weighted by molar-refractivity contribution is 7.26. The normalized spacial score (nSPS) is 11.7. The molecular formula is C55H34N4S. The van der Waals surface area contributed by atoms with E-state index in [-0.39, 0.29) is 0 Å². The Morgan fingerprint density at radius 1 is 0.317 bits per heavy atom. The fraction of sp³-hybridized carbons (Fsp3) is 0. The van der Waals surface area contributed by atoms with E-state index >= 15 is 0 Å². The number of rotatable bonds is 6. The molecule has 3 heterocycles. The van der Waals surface area contributed by atoms with Crippen molar-refractivity contribution in [1.29, 1.82) is 0 Å². The molecule has 0 aliphatic carbocycles. The third-order valence-corrected chi connectivity index (χ3v) is 12.9. The summed E-state index contributed by atoms with van der Waals surface area (Å²) < 4.78 is 5.02. The van der Waals surface area contributed by atoms with Crippen molar-refractivity contribution in [2.24, 2.45) is 0 Å². The van der Waals surface area contributed by atoms with Gasteiger partial charge in [-0.2, -0.15) is 0 Å². The summed E-state index contributed by atoms with van der Waals surface area (Å²) in [7, 11) is 0. The lowest BCUT2D eigenvalue weighted by Crippen LogP contribution is -2.00. The molecule has 12 rings (SSSR count). The van der Waals surface area contributed by atoms with E-state index in [9.17, 15) is 0 Å². The van der Waals surface area contributed by atoms with E-state index in [0.717, 1.165) is 33.4 Å². The number of thiophene rings is 1. The van der Waals surface area contributed by atoms with Crippen LogP contribution >= 0.6 is 11.3 Å². The molecule has 4 nitrogen and oxygen atoms in total. The molecule has 0 radical (unpaired) electrons. The molecule has 9 aromatic carbocycles. The molecule has 0 aliphatic heterocycles. The lowest BCUT2D eigenvalue weighted by Gasteiger charge is -2.13. The van der Waals surface area contributed by atoms with Crippen LogP contribution in [0.1, 0.15) is 0 Å². The maximum absolute atomic E-state index is 4.97. The van der Waals surface area contributed by atoms with Gasteiger partial charge in [-0.3, -0.25) is 0 Å². The van der Waals surface area contributed by atoms with E-state index in [2.05, 4.69) is 150 Å². The van der Waals surface area contributed by atoms with Gasteiger partial charge in [0.2, 0.25) is 0 Å². The van der Waals surface area contributed by atoms with E-state index in [1.807, 2.05) is 72.0 Å². The molecule has 3 aromatic heterocycles. The number of hydrogen-bond acceptors (Lipinski definition) is 4. The standard InChI is InChI=1S/C55H34N4S/c1-3-14-35(15-4-1)53-56-54(36-16-5-2-6-17-36)58-55(57-53)37-28-31-39(32-29-37)59-49-26-9-7-18-44(49)48-34-38(30-33-50(48)59)40-20-11-22-42-41(40)21-12-23-43(42)46-24-13-25-47-45-19-8-10-27-51(45)60-52(46)47/h1-34H. The fourth-order valence-corrected chi connectivity index (χ4v) is 10.1. The van der Waals surface area contributed by atoms with Gasteiger partial charge in [-0.15, -0.1) is 11.3 Å². The van der Waals surface area contributed by atoms with E-state index in [4.69, 9.17) is 15.0 Å². The van der Waals surface area contributed by atoms with Gasteiger partial charge in [0.05, 0.1) is 11.0 Å². The van der Waals surface area contributed by atoms with Gasteiger partial charge in [-0.05, 0) is 76.0 Å². The van der Waals surface area contributed by atoms with Crippen LogP contribution in [0.3, 0.4) is 0 Å². The number of aromatic nitrogens is 4. The Kier molecular flexibility index (Phi) is 8.00. The van der Waals surface area contributed by atoms with E-state index in [1.165, 1.54) is 64.0 Å². The highest BCUT2D eigenvalue weighted by Crippen LogP contribution is 2.44. The summed E-state index contributed by atoms with van der Waals surface area (Å²) in [6, 6.07) is 73.4. The Morgan fingerprint density at radius 2 is 0.817 bits per heavy atom. The van der Waals surface area contributed by atoms with E-state index in [0.29, 0.717) is 17.5 Å². The average Bonchev–Trinajstić information content (AvgIpc) is 3.87. The van der Waals surface area contributed by atoms with Gasteiger partial charge in [0, 0.05) is 58.9 Å². The van der Waals surface area contributed by atoms with Crippen LogP contribution in [0.15, 0.2) is 206 Å². The number of fused-ring (bicyclic) bond motifs is 7. The van der Waals surface area contributed by atoms with Crippen molar-refractivity contribution in [2.75, 3.05) is 0 Å². The zero-order valence-corrected chi connectivity index (χ0v) is 33.1. The summed E-state index contributed by atoms with van der Waals surface area (Å²) in [6.07, 6.45) is 0. The summed E-state index contributed by atoms with van der Waals surface area (Å²) in [4.78, 5) is 14.8. The van der Waals surface area contributed by atoms with Crippen molar-refractivity contribution in [3.8, 4) is 62.1 Å². The molecule has 0 unspecified atom stereocenters. The quantitative estimate of drug-likeness (QED) is 0.169. The first kappa shape index (κ1) is 34.3. The van der Waals surface area contributed by atoms with Crippen molar-refractivity contribution in [2.45, 2.75) is 0 Å². The van der Waals surface area contributed by atoms with Crippen LogP contribution in [-0.2, 0) is 0 Å². The minimum absolute atomic E-state index is 0.639. The molecule has 0 saturated heterocycles. The van der Waals surface area contributed by atoms with Gasteiger partial charge in [-0.25, -0.2) is 15.0 Å². The minimum atomic E-state index is 0.639. The molecule has 0 fully saturated rings. The number of benzene rings is 9. The molecule has 12 aromatic rings. The van der Waals surface area contributed by atoms with Gasteiger partial charge in [-0.1, -0.05) is 158 Å². The van der Waals surface area contributed by atoms with Gasteiger partial charge in [0.25, 0.3) is 0 Å². The van der Waals surface area contributed by atoms with Crippen LogP contribution in [0.5, 0.6) is 0 Å². The highest BCUT2D eigenvalue weighted by atomic mass is 32.1. The maximum atomic E-state index is 4.97. The summed E-state index contributed by atoms with van der Waals surface area (Å²) in [5.74, 6) is 1.94. The molecule has 280 valence electrons. The van der Waals surface area contributed by atoms with Crippen LogP contribution in [-0.4, -0.2) is 19.5 Å². The average molecular weight is 783 g/mol. The highest BCUT2D eigenvalue weighted by Gasteiger charge is 2.18.